The maximum atomic E-state index is 12.5. The fourth-order valence-electron chi connectivity index (χ4n) is 2.44. The molecule has 5 nitrogen and oxygen atoms in total. The van der Waals surface area contributed by atoms with Crippen molar-refractivity contribution < 1.29 is 19.1 Å². The van der Waals surface area contributed by atoms with E-state index in [4.69, 9.17) is 9.47 Å². The predicted molar refractivity (Wildman–Crippen MR) is 90.1 cm³/mol. The number of ketones is 1. The van der Waals surface area contributed by atoms with Crippen molar-refractivity contribution in [2.24, 2.45) is 0 Å². The first kappa shape index (κ1) is 15.8. The number of aromatic nitrogens is 1. The first-order chi connectivity index (χ1) is 11.6. The van der Waals surface area contributed by atoms with Crippen molar-refractivity contribution in [1.29, 1.82) is 0 Å². The third-order valence-electron chi connectivity index (χ3n) is 3.63. The Hall–Kier alpha value is -3.08. The van der Waals surface area contributed by atoms with Crippen LogP contribution in [0, 0.1) is 0 Å². The van der Waals surface area contributed by atoms with E-state index in [0.717, 1.165) is 10.9 Å². The van der Waals surface area contributed by atoms with Crippen molar-refractivity contribution in [3.05, 3.63) is 66.4 Å². The lowest BCUT2D eigenvalue weighted by molar-refractivity contribution is -0.148. The Morgan fingerprint density at radius 3 is 2.54 bits per heavy atom. The van der Waals surface area contributed by atoms with Crippen LogP contribution in [0.3, 0.4) is 0 Å². The maximum absolute atomic E-state index is 12.5. The Kier molecular flexibility index (Phi) is 4.61. The Morgan fingerprint density at radius 2 is 1.75 bits per heavy atom. The van der Waals surface area contributed by atoms with Gasteiger partial charge in [-0.2, -0.15) is 0 Å². The Balaban J connectivity index is 1.60. The van der Waals surface area contributed by atoms with Gasteiger partial charge in [0.25, 0.3) is 0 Å². The molecule has 0 saturated heterocycles. The first-order valence-corrected chi connectivity index (χ1v) is 7.63. The summed E-state index contributed by atoms with van der Waals surface area (Å²) in [6, 6.07) is 16.4. The molecule has 1 aromatic heterocycles. The molecule has 0 aliphatic carbocycles. The van der Waals surface area contributed by atoms with Crippen molar-refractivity contribution >= 4 is 22.7 Å². The minimum Gasteiger partial charge on any atom is -0.482 e. The highest BCUT2D eigenvalue weighted by Gasteiger charge is 2.22. The summed E-state index contributed by atoms with van der Waals surface area (Å²) in [7, 11) is 0. The number of rotatable bonds is 6. The smallest absolute Gasteiger partial charge is 0.344 e. The highest BCUT2D eigenvalue weighted by Crippen LogP contribution is 2.20. The number of esters is 1. The highest BCUT2D eigenvalue weighted by atomic mass is 16.6. The molecular weight excluding hydrogens is 306 g/mol. The average molecular weight is 323 g/mol. The van der Waals surface area contributed by atoms with Crippen LogP contribution in [0.4, 0.5) is 0 Å². The third kappa shape index (κ3) is 3.46. The van der Waals surface area contributed by atoms with Gasteiger partial charge < -0.3 is 14.5 Å². The van der Waals surface area contributed by atoms with Crippen LogP contribution in [-0.2, 0) is 9.53 Å². The van der Waals surface area contributed by atoms with Crippen LogP contribution in [0.25, 0.3) is 10.9 Å². The number of fused-ring (bicyclic) bond motifs is 1. The lowest BCUT2D eigenvalue weighted by Crippen LogP contribution is -2.27. The zero-order valence-corrected chi connectivity index (χ0v) is 13.2. The molecule has 0 spiro atoms. The second-order valence-corrected chi connectivity index (χ2v) is 5.35. The van der Waals surface area contributed by atoms with Gasteiger partial charge in [0.1, 0.15) is 5.75 Å². The van der Waals surface area contributed by atoms with E-state index < -0.39 is 12.1 Å². The van der Waals surface area contributed by atoms with Gasteiger partial charge in [0.15, 0.2) is 12.7 Å². The number of H-pyrrole nitrogens is 1. The van der Waals surface area contributed by atoms with Crippen LogP contribution in [0.5, 0.6) is 5.75 Å². The monoisotopic (exact) mass is 323 g/mol. The minimum atomic E-state index is -0.879. The number of para-hydroxylation sites is 2. The number of Topliss-reactive ketones (excluding diaryl/α,β-unsaturated/α-hetero) is 1. The number of ether oxygens (including phenoxy) is 2. The van der Waals surface area contributed by atoms with Gasteiger partial charge in [-0.3, -0.25) is 4.79 Å². The van der Waals surface area contributed by atoms with Crippen molar-refractivity contribution in [2.75, 3.05) is 6.61 Å². The second-order valence-electron chi connectivity index (χ2n) is 5.35. The van der Waals surface area contributed by atoms with Gasteiger partial charge in [0, 0.05) is 22.7 Å². The van der Waals surface area contributed by atoms with Gasteiger partial charge in [0.05, 0.1) is 0 Å². The van der Waals surface area contributed by atoms with E-state index in [1.54, 1.807) is 25.3 Å². The van der Waals surface area contributed by atoms with Crippen LogP contribution < -0.4 is 4.74 Å². The molecule has 5 heteroatoms. The van der Waals surface area contributed by atoms with Gasteiger partial charge in [-0.1, -0.05) is 36.4 Å². The summed E-state index contributed by atoms with van der Waals surface area (Å²) >= 11 is 0. The molecule has 3 rings (SSSR count). The molecule has 0 fully saturated rings. The largest absolute Gasteiger partial charge is 0.482 e. The molecule has 24 heavy (non-hydrogen) atoms. The molecule has 3 aromatic rings. The molecule has 1 heterocycles. The summed E-state index contributed by atoms with van der Waals surface area (Å²) in [5.74, 6) is -0.259. The molecule has 0 bridgehead atoms. The number of nitrogens with one attached hydrogen (secondary N) is 1. The molecule has 0 aliphatic rings. The first-order valence-electron chi connectivity index (χ1n) is 7.63. The van der Waals surface area contributed by atoms with Gasteiger partial charge >= 0.3 is 5.97 Å². The second kappa shape index (κ2) is 7.00. The van der Waals surface area contributed by atoms with E-state index in [2.05, 4.69) is 4.98 Å². The fourth-order valence-corrected chi connectivity index (χ4v) is 2.44. The summed E-state index contributed by atoms with van der Waals surface area (Å²) < 4.78 is 10.5. The number of benzene rings is 2. The minimum absolute atomic E-state index is 0.241. The summed E-state index contributed by atoms with van der Waals surface area (Å²) in [6.07, 6.45) is 0.758. The molecule has 1 atom stereocenters. The number of carbonyl (C=O) groups is 2. The predicted octanol–water partition coefficient (Wildman–Crippen LogP) is 3.36. The molecule has 1 N–H and O–H groups in total. The summed E-state index contributed by atoms with van der Waals surface area (Å²) in [4.78, 5) is 27.4. The van der Waals surface area contributed by atoms with Crippen molar-refractivity contribution in [3.63, 3.8) is 0 Å². The van der Waals surface area contributed by atoms with E-state index in [-0.39, 0.29) is 12.4 Å². The van der Waals surface area contributed by atoms with Crippen LogP contribution >= 0.6 is 0 Å². The average Bonchev–Trinajstić information content (AvgIpc) is 3.04. The topological polar surface area (TPSA) is 68.4 Å². The Labute approximate surface area is 139 Å². The Bertz CT molecular complexity index is 854. The van der Waals surface area contributed by atoms with Crippen molar-refractivity contribution in [2.45, 2.75) is 13.0 Å². The van der Waals surface area contributed by atoms with E-state index in [9.17, 15) is 9.59 Å². The van der Waals surface area contributed by atoms with E-state index >= 15 is 0 Å². The Morgan fingerprint density at radius 1 is 1.04 bits per heavy atom. The van der Waals surface area contributed by atoms with Gasteiger partial charge in [-0.25, -0.2) is 4.79 Å². The van der Waals surface area contributed by atoms with Crippen molar-refractivity contribution in [1.82, 2.24) is 4.98 Å². The number of hydrogen-bond donors (Lipinski definition) is 1. The van der Waals surface area contributed by atoms with Crippen molar-refractivity contribution in [3.8, 4) is 5.75 Å². The van der Waals surface area contributed by atoms with Gasteiger partial charge in [-0.05, 0) is 25.1 Å². The highest BCUT2D eigenvalue weighted by molar-refractivity contribution is 6.10. The molecule has 122 valence electrons. The molecular formula is C19H17NO4. The summed E-state index contributed by atoms with van der Waals surface area (Å²) in [5.41, 5.74) is 1.38. The van der Waals surface area contributed by atoms with Crippen LogP contribution in [0.2, 0.25) is 0 Å². The van der Waals surface area contributed by atoms with Crippen LogP contribution in [-0.4, -0.2) is 29.4 Å². The number of carbonyl (C=O) groups excluding carboxylic acids is 2. The van der Waals surface area contributed by atoms with Gasteiger partial charge in [-0.15, -0.1) is 0 Å². The summed E-state index contributed by atoms with van der Waals surface area (Å²) in [6.45, 7) is 1.32. The van der Waals surface area contributed by atoms with E-state index in [0.29, 0.717) is 11.3 Å². The van der Waals surface area contributed by atoms with Crippen LogP contribution in [0.1, 0.15) is 17.3 Å². The quantitative estimate of drug-likeness (QED) is 0.558. The fraction of sp³-hybridized carbons (Fsp3) is 0.158. The SMILES string of the molecule is C[C@H](OC(=O)COc1ccccc1)C(=O)c1c[nH]c2ccccc12. The molecule has 0 radical (unpaired) electrons. The zero-order chi connectivity index (χ0) is 16.9. The molecule has 0 unspecified atom stereocenters. The van der Waals surface area contributed by atoms with Crippen LogP contribution in [0.15, 0.2) is 60.8 Å². The standard InChI is InChI=1S/C19H17NO4/c1-13(24-18(21)12-23-14-7-3-2-4-8-14)19(22)16-11-20-17-10-6-5-9-15(16)17/h2-11,13,20H,12H2,1H3/t13-/m0/s1. The third-order valence-corrected chi connectivity index (χ3v) is 3.63. The van der Waals surface area contributed by atoms with E-state index in [1.807, 2.05) is 42.5 Å². The van der Waals surface area contributed by atoms with Gasteiger partial charge in [0.2, 0.25) is 5.78 Å². The lowest BCUT2D eigenvalue weighted by Gasteiger charge is -2.12. The molecule has 0 amide bonds. The lowest BCUT2D eigenvalue weighted by atomic mass is 10.1. The molecule has 2 aromatic carbocycles. The number of aromatic amines is 1. The molecule has 0 saturated carbocycles. The normalized spacial score (nSPS) is 11.9. The zero-order valence-electron chi connectivity index (χ0n) is 13.2. The van der Waals surface area contributed by atoms with E-state index in [1.165, 1.54) is 0 Å². The summed E-state index contributed by atoms with van der Waals surface area (Å²) in [5, 5.41) is 0.811. The number of hydrogen-bond acceptors (Lipinski definition) is 4. The maximum Gasteiger partial charge on any atom is 0.344 e. The molecule has 0 aliphatic heterocycles.